The highest BCUT2D eigenvalue weighted by Crippen LogP contribution is 2.18. The molecule has 2 amide bonds. The van der Waals surface area contributed by atoms with Crippen molar-refractivity contribution in [3.8, 4) is 0 Å². The molecule has 5 nitrogen and oxygen atoms in total. The van der Waals surface area contributed by atoms with Crippen molar-refractivity contribution >= 4 is 12.0 Å². The maximum absolute atomic E-state index is 13.1. The summed E-state index contributed by atoms with van der Waals surface area (Å²) in [4.78, 5) is 24.3. The van der Waals surface area contributed by atoms with Gasteiger partial charge in [-0.25, -0.2) is 9.18 Å². The smallest absolute Gasteiger partial charge is 0.317 e. The number of carbonyl (C=O) groups excluding carboxylic acids is 1. The molecule has 0 saturated carbocycles. The lowest BCUT2D eigenvalue weighted by atomic mass is 10.1. The molecule has 0 aromatic heterocycles. The van der Waals surface area contributed by atoms with E-state index in [1.807, 2.05) is 0 Å². The summed E-state index contributed by atoms with van der Waals surface area (Å²) in [6, 6.07) is 5.45. The first-order valence-corrected chi connectivity index (χ1v) is 6.63. The van der Waals surface area contributed by atoms with Gasteiger partial charge in [-0.15, -0.1) is 0 Å². The van der Waals surface area contributed by atoms with Gasteiger partial charge in [0.05, 0.1) is 12.0 Å². The summed E-state index contributed by atoms with van der Waals surface area (Å²) in [6.45, 7) is 0.280. The minimum Gasteiger partial charge on any atom is -0.481 e. The van der Waals surface area contributed by atoms with E-state index in [1.54, 1.807) is 31.3 Å². The summed E-state index contributed by atoms with van der Waals surface area (Å²) in [5.41, 5.74) is 0.693. The fourth-order valence-electron chi connectivity index (χ4n) is 2.24. The van der Waals surface area contributed by atoms with Crippen molar-refractivity contribution in [1.29, 1.82) is 0 Å². The second-order valence-corrected chi connectivity index (χ2v) is 5.11. The number of hydrogen-bond donors (Lipinski definition) is 2. The van der Waals surface area contributed by atoms with Crippen LogP contribution < -0.4 is 5.32 Å². The Morgan fingerprint density at radius 3 is 2.81 bits per heavy atom. The number of halogens is 1. The molecule has 1 aliphatic carbocycles. The Hall–Kier alpha value is -2.37. The van der Waals surface area contributed by atoms with Crippen LogP contribution in [-0.2, 0) is 11.3 Å². The van der Waals surface area contributed by atoms with Gasteiger partial charge in [-0.2, -0.15) is 0 Å². The van der Waals surface area contributed by atoms with Crippen molar-refractivity contribution < 1.29 is 19.1 Å². The Balaban J connectivity index is 1.86. The topological polar surface area (TPSA) is 69.6 Å². The van der Waals surface area contributed by atoms with E-state index in [0.29, 0.717) is 12.0 Å². The van der Waals surface area contributed by atoms with E-state index in [2.05, 4.69) is 5.32 Å². The van der Waals surface area contributed by atoms with Gasteiger partial charge in [0.2, 0.25) is 0 Å². The predicted molar refractivity (Wildman–Crippen MR) is 75.1 cm³/mol. The first kappa shape index (κ1) is 15.0. The maximum Gasteiger partial charge on any atom is 0.317 e. The molecular weight excluding hydrogens is 275 g/mol. The third kappa shape index (κ3) is 4.05. The van der Waals surface area contributed by atoms with Crippen LogP contribution in [0.3, 0.4) is 0 Å². The molecule has 2 unspecified atom stereocenters. The minimum atomic E-state index is -0.892. The van der Waals surface area contributed by atoms with Gasteiger partial charge in [-0.05, 0) is 24.1 Å². The molecule has 2 N–H and O–H groups in total. The van der Waals surface area contributed by atoms with E-state index in [4.69, 9.17) is 5.11 Å². The summed E-state index contributed by atoms with van der Waals surface area (Å²) < 4.78 is 13.1. The number of hydrogen-bond acceptors (Lipinski definition) is 2. The molecule has 1 aromatic carbocycles. The third-order valence-electron chi connectivity index (χ3n) is 3.37. The number of aliphatic carboxylic acids is 1. The van der Waals surface area contributed by atoms with Gasteiger partial charge >= 0.3 is 12.0 Å². The highest BCUT2D eigenvalue weighted by atomic mass is 19.1. The van der Waals surface area contributed by atoms with Crippen LogP contribution in [0, 0.1) is 11.7 Å². The molecule has 1 aliphatic rings. The second-order valence-electron chi connectivity index (χ2n) is 5.11. The van der Waals surface area contributed by atoms with Crippen molar-refractivity contribution in [3.63, 3.8) is 0 Å². The van der Waals surface area contributed by atoms with Gasteiger partial charge in [-0.3, -0.25) is 4.79 Å². The number of carboxylic acids is 1. The number of carbonyl (C=O) groups is 2. The Morgan fingerprint density at radius 2 is 2.19 bits per heavy atom. The Bertz CT molecular complexity index is 574. The molecule has 112 valence electrons. The van der Waals surface area contributed by atoms with E-state index < -0.39 is 11.9 Å². The quantitative estimate of drug-likeness (QED) is 0.834. The van der Waals surface area contributed by atoms with Crippen molar-refractivity contribution in [2.45, 2.75) is 19.0 Å². The van der Waals surface area contributed by atoms with Crippen LogP contribution >= 0.6 is 0 Å². The van der Waals surface area contributed by atoms with Crippen LogP contribution in [0.4, 0.5) is 9.18 Å². The van der Waals surface area contributed by atoms with E-state index in [9.17, 15) is 14.0 Å². The molecule has 1 aromatic rings. The van der Waals surface area contributed by atoms with Gasteiger partial charge in [-0.1, -0.05) is 24.3 Å². The zero-order valence-corrected chi connectivity index (χ0v) is 11.6. The summed E-state index contributed by atoms with van der Waals surface area (Å²) in [5, 5.41) is 11.6. The molecule has 0 radical (unpaired) electrons. The standard InChI is InChI=1S/C15H17FN2O3/c1-18(9-10-3-2-4-12(16)7-10)15(21)17-13-6-5-11(8-13)14(19)20/h2-7,11,13H,8-9H2,1H3,(H,17,21)(H,19,20). The minimum absolute atomic E-state index is 0.280. The summed E-state index contributed by atoms with van der Waals surface area (Å²) >= 11 is 0. The van der Waals surface area contributed by atoms with Gasteiger partial charge < -0.3 is 15.3 Å². The normalized spacial score (nSPS) is 20.3. The molecule has 0 spiro atoms. The van der Waals surface area contributed by atoms with Crippen molar-refractivity contribution in [1.82, 2.24) is 10.2 Å². The van der Waals surface area contributed by atoms with Crippen LogP contribution in [0.15, 0.2) is 36.4 Å². The van der Waals surface area contributed by atoms with Gasteiger partial charge in [0.15, 0.2) is 0 Å². The Morgan fingerprint density at radius 1 is 1.43 bits per heavy atom. The molecule has 0 saturated heterocycles. The molecule has 2 atom stereocenters. The number of amides is 2. The molecule has 0 bridgehead atoms. The highest BCUT2D eigenvalue weighted by molar-refractivity contribution is 5.76. The summed E-state index contributed by atoms with van der Waals surface area (Å²) in [7, 11) is 1.60. The average Bonchev–Trinajstić information content (AvgIpc) is 2.87. The molecule has 0 aliphatic heterocycles. The van der Waals surface area contributed by atoms with Crippen molar-refractivity contribution in [3.05, 3.63) is 47.8 Å². The van der Waals surface area contributed by atoms with Crippen LogP contribution in [0.5, 0.6) is 0 Å². The zero-order valence-electron chi connectivity index (χ0n) is 11.6. The Kier molecular flexibility index (Phi) is 4.57. The number of nitrogens with one attached hydrogen (secondary N) is 1. The lowest BCUT2D eigenvalue weighted by molar-refractivity contribution is -0.140. The molecular formula is C15H17FN2O3. The molecule has 2 rings (SSSR count). The number of nitrogens with zero attached hydrogens (tertiary/aromatic N) is 1. The third-order valence-corrected chi connectivity index (χ3v) is 3.37. The van der Waals surface area contributed by atoms with Crippen LogP contribution in [0.2, 0.25) is 0 Å². The largest absolute Gasteiger partial charge is 0.481 e. The maximum atomic E-state index is 13.1. The lowest BCUT2D eigenvalue weighted by Gasteiger charge is -2.21. The van der Waals surface area contributed by atoms with Gasteiger partial charge in [0.1, 0.15) is 5.82 Å². The van der Waals surface area contributed by atoms with E-state index in [0.717, 1.165) is 0 Å². The molecule has 0 fully saturated rings. The van der Waals surface area contributed by atoms with Gasteiger partial charge in [0.25, 0.3) is 0 Å². The fraction of sp³-hybridized carbons (Fsp3) is 0.333. The number of benzene rings is 1. The van der Waals surface area contributed by atoms with Crippen molar-refractivity contribution in [2.75, 3.05) is 7.05 Å². The van der Waals surface area contributed by atoms with Crippen LogP contribution in [0.1, 0.15) is 12.0 Å². The van der Waals surface area contributed by atoms with Crippen molar-refractivity contribution in [2.24, 2.45) is 5.92 Å². The van der Waals surface area contributed by atoms with Gasteiger partial charge in [0, 0.05) is 13.6 Å². The number of urea groups is 1. The summed E-state index contributed by atoms with van der Waals surface area (Å²) in [5.74, 6) is -1.79. The highest BCUT2D eigenvalue weighted by Gasteiger charge is 2.26. The van der Waals surface area contributed by atoms with E-state index in [-0.39, 0.29) is 24.4 Å². The van der Waals surface area contributed by atoms with Crippen LogP contribution in [-0.4, -0.2) is 35.1 Å². The zero-order chi connectivity index (χ0) is 15.4. The lowest BCUT2D eigenvalue weighted by Crippen LogP contribution is -2.41. The average molecular weight is 292 g/mol. The summed E-state index contributed by atoms with van der Waals surface area (Å²) in [6.07, 6.45) is 3.63. The molecule has 6 heteroatoms. The number of carboxylic acid groups (broad SMARTS) is 1. The molecule has 0 heterocycles. The number of rotatable bonds is 4. The SMILES string of the molecule is CN(Cc1cccc(F)c1)C(=O)NC1C=CC(C(=O)O)C1. The first-order chi connectivity index (χ1) is 9.95. The molecule has 21 heavy (non-hydrogen) atoms. The van der Waals surface area contributed by atoms with E-state index in [1.165, 1.54) is 17.0 Å². The Labute approximate surface area is 122 Å². The van der Waals surface area contributed by atoms with E-state index >= 15 is 0 Å². The predicted octanol–water partition coefficient (Wildman–Crippen LogP) is 2.00. The van der Waals surface area contributed by atoms with Crippen LogP contribution in [0.25, 0.3) is 0 Å². The fourth-order valence-corrected chi connectivity index (χ4v) is 2.24. The second kappa shape index (κ2) is 6.39. The first-order valence-electron chi connectivity index (χ1n) is 6.63. The monoisotopic (exact) mass is 292 g/mol.